The van der Waals surface area contributed by atoms with Gasteiger partial charge in [0.1, 0.15) is 0 Å². The summed E-state index contributed by atoms with van der Waals surface area (Å²) >= 11 is 0. The molecule has 184 valence electrons. The summed E-state index contributed by atoms with van der Waals surface area (Å²) in [5.74, 6) is 2.25. The number of rotatable bonds is 6. The monoisotopic (exact) mass is 448 g/mol. The third kappa shape index (κ3) is 3.76. The molecule has 0 aliphatic heterocycles. The van der Waals surface area contributed by atoms with Crippen molar-refractivity contribution in [3.8, 4) is 0 Å². The Hall–Kier alpha value is -0.610. The standard InChI is InChI=1S/C28H48O4/c1-6-7-19-23-15-18(29)10-12-28(23,5)22-11-13-27(4)20(16(2)14-17(3)26(31)32)8-9-21(27)24(22)25(19)30/h16-25,29-30H,6-15H2,1-5H3,(H,31,32)/t16-,17+,18-,19-,20-,21?,22?,23?,24?,25-,27-,28-/m1/s1. The molecule has 4 unspecified atom stereocenters. The highest BCUT2D eigenvalue weighted by molar-refractivity contribution is 5.69. The van der Waals surface area contributed by atoms with Crippen LogP contribution < -0.4 is 0 Å². The van der Waals surface area contributed by atoms with Gasteiger partial charge in [-0.1, -0.05) is 41.0 Å². The van der Waals surface area contributed by atoms with Crippen LogP contribution in [0.3, 0.4) is 0 Å². The van der Waals surface area contributed by atoms with Crippen LogP contribution in [0.1, 0.15) is 98.8 Å². The minimum atomic E-state index is -0.677. The van der Waals surface area contributed by atoms with Gasteiger partial charge in [-0.25, -0.2) is 0 Å². The number of aliphatic hydroxyl groups is 2. The normalized spacial score (nSPS) is 50.1. The molecule has 0 amide bonds. The first-order valence-corrected chi connectivity index (χ1v) is 13.6. The van der Waals surface area contributed by atoms with E-state index in [1.807, 2.05) is 6.92 Å². The van der Waals surface area contributed by atoms with Crippen molar-refractivity contribution in [2.45, 2.75) is 111 Å². The van der Waals surface area contributed by atoms with E-state index in [9.17, 15) is 20.1 Å². The summed E-state index contributed by atoms with van der Waals surface area (Å²) in [7, 11) is 0. The average molecular weight is 449 g/mol. The lowest BCUT2D eigenvalue weighted by atomic mass is 9.41. The summed E-state index contributed by atoms with van der Waals surface area (Å²) < 4.78 is 0. The highest BCUT2D eigenvalue weighted by Gasteiger charge is 2.65. The van der Waals surface area contributed by atoms with Crippen molar-refractivity contribution in [1.29, 1.82) is 0 Å². The summed E-state index contributed by atoms with van der Waals surface area (Å²) in [5, 5.41) is 31.8. The van der Waals surface area contributed by atoms with Crippen molar-refractivity contribution in [3.05, 3.63) is 0 Å². The molecule has 4 fully saturated rings. The molecule has 4 aliphatic carbocycles. The Balaban J connectivity index is 1.62. The van der Waals surface area contributed by atoms with Crippen LogP contribution in [-0.4, -0.2) is 33.5 Å². The predicted octanol–water partition coefficient (Wildman–Crippen LogP) is 5.75. The highest BCUT2D eigenvalue weighted by atomic mass is 16.4. The quantitative estimate of drug-likeness (QED) is 0.483. The second-order valence-electron chi connectivity index (χ2n) is 13.0. The van der Waals surface area contributed by atoms with Gasteiger partial charge in [0.2, 0.25) is 0 Å². The van der Waals surface area contributed by atoms with Crippen molar-refractivity contribution >= 4 is 5.97 Å². The zero-order chi connectivity index (χ0) is 23.4. The van der Waals surface area contributed by atoms with Gasteiger partial charge in [0.15, 0.2) is 0 Å². The Kier molecular flexibility index (Phi) is 6.80. The zero-order valence-electron chi connectivity index (χ0n) is 21.1. The molecule has 4 aliphatic rings. The number of hydrogen-bond donors (Lipinski definition) is 3. The SMILES string of the molecule is CCC[C@@H]1C2C[C@H](O)CC[C@]2(C)C2CC[C@@]3(C)C(CC[C@@H]3[C@H](C)C[C@H](C)C(=O)O)C2[C@@H]1O. The molecule has 0 saturated heterocycles. The number of fused-ring (bicyclic) bond motifs is 5. The van der Waals surface area contributed by atoms with Crippen molar-refractivity contribution in [1.82, 2.24) is 0 Å². The van der Waals surface area contributed by atoms with Gasteiger partial charge in [-0.05, 0) is 110 Å². The fourth-order valence-electron chi connectivity index (χ4n) is 9.93. The van der Waals surface area contributed by atoms with E-state index in [0.717, 1.165) is 38.5 Å². The number of carbonyl (C=O) groups is 1. The first-order chi connectivity index (χ1) is 15.0. The first-order valence-electron chi connectivity index (χ1n) is 13.6. The van der Waals surface area contributed by atoms with E-state index in [0.29, 0.717) is 41.4 Å². The fourth-order valence-corrected chi connectivity index (χ4v) is 9.93. The molecule has 0 spiro atoms. The van der Waals surface area contributed by atoms with Gasteiger partial charge in [0.25, 0.3) is 0 Å². The maximum absolute atomic E-state index is 11.9. The van der Waals surface area contributed by atoms with Gasteiger partial charge >= 0.3 is 5.97 Å². The van der Waals surface area contributed by atoms with E-state index in [-0.39, 0.29) is 29.0 Å². The molecule has 3 N–H and O–H groups in total. The van der Waals surface area contributed by atoms with Gasteiger partial charge in [0.05, 0.1) is 18.1 Å². The minimum Gasteiger partial charge on any atom is -0.481 e. The van der Waals surface area contributed by atoms with Crippen molar-refractivity contribution in [2.75, 3.05) is 0 Å². The topological polar surface area (TPSA) is 77.8 Å². The van der Waals surface area contributed by atoms with E-state index < -0.39 is 5.97 Å². The molecule has 0 aromatic rings. The summed E-state index contributed by atoms with van der Waals surface area (Å²) in [4.78, 5) is 11.5. The van der Waals surface area contributed by atoms with Crippen molar-refractivity contribution < 1.29 is 20.1 Å². The predicted molar refractivity (Wildman–Crippen MR) is 127 cm³/mol. The van der Waals surface area contributed by atoms with Crippen LogP contribution in [0.4, 0.5) is 0 Å². The molecular weight excluding hydrogens is 400 g/mol. The second-order valence-corrected chi connectivity index (χ2v) is 13.0. The lowest BCUT2D eigenvalue weighted by Crippen LogP contribution is -2.62. The summed E-state index contributed by atoms with van der Waals surface area (Å²) in [5.41, 5.74) is 0.458. The van der Waals surface area contributed by atoms with Crippen LogP contribution in [0, 0.1) is 58.2 Å². The third-order valence-electron chi connectivity index (χ3n) is 11.4. The average Bonchev–Trinajstić information content (AvgIpc) is 3.09. The fraction of sp³-hybridized carbons (Fsp3) is 0.964. The molecular formula is C28H48O4. The molecule has 4 heteroatoms. The number of aliphatic carboxylic acids is 1. The van der Waals surface area contributed by atoms with Gasteiger partial charge < -0.3 is 15.3 Å². The molecule has 4 rings (SSSR count). The Morgan fingerprint density at radius 1 is 0.969 bits per heavy atom. The molecule has 32 heavy (non-hydrogen) atoms. The third-order valence-corrected chi connectivity index (χ3v) is 11.4. The minimum absolute atomic E-state index is 0.196. The molecule has 0 heterocycles. The van der Waals surface area contributed by atoms with Gasteiger partial charge in [0, 0.05) is 0 Å². The Bertz CT molecular complexity index is 693. The maximum atomic E-state index is 11.9. The van der Waals surface area contributed by atoms with Crippen LogP contribution in [0.5, 0.6) is 0 Å². The number of hydrogen-bond acceptors (Lipinski definition) is 3. The molecule has 0 aromatic carbocycles. The molecule has 4 nitrogen and oxygen atoms in total. The molecule has 0 aromatic heterocycles. The number of aliphatic hydroxyl groups excluding tert-OH is 2. The largest absolute Gasteiger partial charge is 0.481 e. The Morgan fingerprint density at radius 2 is 1.62 bits per heavy atom. The Morgan fingerprint density at radius 3 is 2.28 bits per heavy atom. The van der Waals surface area contributed by atoms with Crippen LogP contribution in [0.2, 0.25) is 0 Å². The van der Waals surface area contributed by atoms with Crippen molar-refractivity contribution in [2.24, 2.45) is 58.2 Å². The van der Waals surface area contributed by atoms with E-state index in [4.69, 9.17) is 0 Å². The van der Waals surface area contributed by atoms with Gasteiger partial charge in [-0.2, -0.15) is 0 Å². The van der Waals surface area contributed by atoms with Gasteiger partial charge in [-0.15, -0.1) is 0 Å². The summed E-state index contributed by atoms with van der Waals surface area (Å²) in [6, 6.07) is 0. The second kappa shape index (κ2) is 8.87. The van der Waals surface area contributed by atoms with E-state index >= 15 is 0 Å². The van der Waals surface area contributed by atoms with E-state index in [2.05, 4.69) is 27.7 Å². The molecule has 12 atom stereocenters. The first kappa shape index (κ1) is 24.5. The molecule has 0 radical (unpaired) electrons. The number of carboxylic acid groups (broad SMARTS) is 1. The van der Waals surface area contributed by atoms with Crippen molar-refractivity contribution in [3.63, 3.8) is 0 Å². The zero-order valence-corrected chi connectivity index (χ0v) is 21.1. The lowest BCUT2D eigenvalue weighted by molar-refractivity contribution is -0.204. The maximum Gasteiger partial charge on any atom is 0.306 e. The van der Waals surface area contributed by atoms with Gasteiger partial charge in [-0.3, -0.25) is 4.79 Å². The summed E-state index contributed by atoms with van der Waals surface area (Å²) in [6.07, 6.45) is 10.1. The van der Waals surface area contributed by atoms with Crippen LogP contribution >= 0.6 is 0 Å². The van der Waals surface area contributed by atoms with E-state index in [1.165, 1.54) is 25.7 Å². The summed E-state index contributed by atoms with van der Waals surface area (Å²) in [6.45, 7) is 11.3. The molecule has 4 saturated carbocycles. The highest BCUT2D eigenvalue weighted by Crippen LogP contribution is 2.69. The van der Waals surface area contributed by atoms with Crippen LogP contribution in [0.25, 0.3) is 0 Å². The molecule has 0 bridgehead atoms. The Labute approximate surface area is 195 Å². The smallest absolute Gasteiger partial charge is 0.306 e. The van der Waals surface area contributed by atoms with Crippen LogP contribution in [-0.2, 0) is 4.79 Å². The lowest BCUT2D eigenvalue weighted by Gasteiger charge is -2.65. The van der Waals surface area contributed by atoms with E-state index in [1.54, 1.807) is 0 Å². The number of carboxylic acids is 1. The van der Waals surface area contributed by atoms with Crippen LogP contribution in [0.15, 0.2) is 0 Å².